The van der Waals surface area contributed by atoms with E-state index in [2.05, 4.69) is 20.0 Å². The number of hydrogen-bond donors (Lipinski definition) is 2. The first-order valence-electron chi connectivity index (χ1n) is 5.95. The van der Waals surface area contributed by atoms with Crippen molar-refractivity contribution in [2.24, 2.45) is 0 Å². The molecular weight excluding hydrogens is 319 g/mol. The van der Waals surface area contributed by atoms with Gasteiger partial charge in [0.05, 0.1) is 18.1 Å². The fourth-order valence-electron chi connectivity index (χ4n) is 1.53. The molecule has 0 aliphatic carbocycles. The van der Waals surface area contributed by atoms with Gasteiger partial charge in [-0.25, -0.2) is 22.8 Å². The number of anilines is 2. The van der Waals surface area contributed by atoms with E-state index in [-0.39, 0.29) is 15.6 Å². The van der Waals surface area contributed by atoms with Crippen molar-refractivity contribution >= 4 is 33.3 Å². The van der Waals surface area contributed by atoms with Gasteiger partial charge in [-0.15, -0.1) is 0 Å². The Balaban J connectivity index is 2.25. The van der Waals surface area contributed by atoms with Crippen molar-refractivity contribution in [2.75, 3.05) is 16.6 Å². The van der Waals surface area contributed by atoms with Crippen LogP contribution < -0.4 is 10.0 Å². The van der Waals surface area contributed by atoms with Gasteiger partial charge in [-0.3, -0.25) is 4.72 Å². The van der Waals surface area contributed by atoms with Gasteiger partial charge in [-0.05, 0) is 25.1 Å². The summed E-state index contributed by atoms with van der Waals surface area (Å²) in [5.74, 6) is -0.316. The van der Waals surface area contributed by atoms with Crippen molar-refractivity contribution < 1.29 is 12.8 Å². The Bertz CT molecular complexity index is 717. The van der Waals surface area contributed by atoms with E-state index in [4.69, 9.17) is 11.6 Å². The quantitative estimate of drug-likeness (QED) is 0.880. The van der Waals surface area contributed by atoms with Gasteiger partial charge in [-0.2, -0.15) is 0 Å². The zero-order valence-corrected chi connectivity index (χ0v) is 12.5. The molecule has 0 amide bonds. The van der Waals surface area contributed by atoms with Crippen LogP contribution in [0.1, 0.15) is 6.92 Å². The molecule has 0 spiro atoms. The summed E-state index contributed by atoms with van der Waals surface area (Å²) in [7, 11) is -3.91. The van der Waals surface area contributed by atoms with Crippen molar-refractivity contribution in [2.45, 2.75) is 11.8 Å². The molecule has 21 heavy (non-hydrogen) atoms. The molecule has 0 bridgehead atoms. The third kappa shape index (κ3) is 4.02. The van der Waals surface area contributed by atoms with E-state index in [9.17, 15) is 12.8 Å². The van der Waals surface area contributed by atoms with Gasteiger partial charge in [0.2, 0.25) is 5.95 Å². The molecule has 0 saturated heterocycles. The zero-order valence-electron chi connectivity index (χ0n) is 11.0. The second-order valence-corrected chi connectivity index (χ2v) is 6.16. The average Bonchev–Trinajstić information content (AvgIpc) is 2.38. The molecule has 0 fully saturated rings. The molecule has 0 unspecified atom stereocenters. The zero-order chi connectivity index (χ0) is 15.5. The number of aromatic nitrogens is 2. The number of nitrogens with one attached hydrogen (secondary N) is 2. The molecule has 0 saturated carbocycles. The third-order valence-electron chi connectivity index (χ3n) is 2.39. The molecule has 112 valence electrons. The van der Waals surface area contributed by atoms with E-state index in [0.29, 0.717) is 12.5 Å². The smallest absolute Gasteiger partial charge is 0.264 e. The lowest BCUT2D eigenvalue weighted by Gasteiger charge is -2.08. The highest BCUT2D eigenvalue weighted by Gasteiger charge is 2.16. The van der Waals surface area contributed by atoms with Gasteiger partial charge in [0.25, 0.3) is 10.0 Å². The van der Waals surface area contributed by atoms with Gasteiger partial charge in [0, 0.05) is 11.6 Å². The Morgan fingerprint density at radius 3 is 2.48 bits per heavy atom. The molecular formula is C12H12ClFN4O2S. The second-order valence-electron chi connectivity index (χ2n) is 4.04. The van der Waals surface area contributed by atoms with E-state index in [1.165, 1.54) is 6.07 Å². The Morgan fingerprint density at radius 1 is 1.24 bits per heavy atom. The summed E-state index contributed by atoms with van der Waals surface area (Å²) in [6.45, 7) is 2.48. The maximum absolute atomic E-state index is 13.2. The van der Waals surface area contributed by atoms with E-state index < -0.39 is 15.8 Å². The van der Waals surface area contributed by atoms with Crippen LogP contribution in [0.25, 0.3) is 0 Å². The van der Waals surface area contributed by atoms with E-state index in [0.717, 1.165) is 24.5 Å². The summed E-state index contributed by atoms with van der Waals surface area (Å²) in [6.07, 6.45) is 2.32. The molecule has 9 heteroatoms. The average molecular weight is 331 g/mol. The van der Waals surface area contributed by atoms with Crippen LogP contribution in [-0.2, 0) is 10.0 Å². The van der Waals surface area contributed by atoms with Gasteiger partial charge in [0.1, 0.15) is 10.7 Å². The van der Waals surface area contributed by atoms with E-state index in [1.54, 1.807) is 0 Å². The topological polar surface area (TPSA) is 84.0 Å². The largest absolute Gasteiger partial charge is 0.355 e. The summed E-state index contributed by atoms with van der Waals surface area (Å²) in [4.78, 5) is 7.61. The third-order valence-corrected chi connectivity index (χ3v) is 3.94. The lowest BCUT2D eigenvalue weighted by molar-refractivity contribution is 0.600. The molecule has 1 aromatic carbocycles. The summed E-state index contributed by atoms with van der Waals surface area (Å²) in [6, 6.07) is 3.40. The summed E-state index contributed by atoms with van der Waals surface area (Å²) in [5, 5.41) is 2.94. The number of halogens is 2. The minimum absolute atomic E-state index is 0.0239. The van der Waals surface area contributed by atoms with Crippen LogP contribution in [0.4, 0.5) is 16.0 Å². The van der Waals surface area contributed by atoms with E-state index in [1.807, 2.05) is 6.92 Å². The number of benzene rings is 1. The van der Waals surface area contributed by atoms with Gasteiger partial charge < -0.3 is 5.32 Å². The van der Waals surface area contributed by atoms with Crippen molar-refractivity contribution in [3.63, 3.8) is 0 Å². The van der Waals surface area contributed by atoms with Crippen LogP contribution in [0.3, 0.4) is 0 Å². The molecule has 0 atom stereocenters. The monoisotopic (exact) mass is 330 g/mol. The normalized spacial score (nSPS) is 11.2. The number of nitrogens with zero attached hydrogens (tertiary/aromatic N) is 2. The lowest BCUT2D eigenvalue weighted by Crippen LogP contribution is -2.14. The molecule has 2 N–H and O–H groups in total. The van der Waals surface area contributed by atoms with Gasteiger partial charge in [0.15, 0.2) is 0 Å². The molecule has 0 aliphatic heterocycles. The van der Waals surface area contributed by atoms with Gasteiger partial charge in [-0.1, -0.05) is 11.6 Å². The molecule has 2 rings (SSSR count). The Morgan fingerprint density at radius 2 is 1.90 bits per heavy atom. The minimum atomic E-state index is -3.91. The molecule has 1 heterocycles. The Labute approximate surface area is 126 Å². The summed E-state index contributed by atoms with van der Waals surface area (Å²) >= 11 is 5.67. The van der Waals surface area contributed by atoms with Crippen molar-refractivity contribution in [1.29, 1.82) is 0 Å². The highest BCUT2D eigenvalue weighted by Crippen LogP contribution is 2.21. The first-order valence-corrected chi connectivity index (χ1v) is 7.81. The van der Waals surface area contributed by atoms with Crippen molar-refractivity contribution in [3.8, 4) is 0 Å². The molecule has 1 aromatic heterocycles. The van der Waals surface area contributed by atoms with Crippen molar-refractivity contribution in [3.05, 3.63) is 41.4 Å². The maximum atomic E-state index is 13.2. The molecule has 6 nitrogen and oxygen atoms in total. The second kappa shape index (κ2) is 6.23. The number of rotatable bonds is 5. The fraction of sp³-hybridized carbons (Fsp3) is 0.167. The summed E-state index contributed by atoms with van der Waals surface area (Å²) in [5.41, 5.74) is 0.0239. The van der Waals surface area contributed by atoms with Crippen LogP contribution in [0.5, 0.6) is 0 Å². The molecule has 0 aliphatic rings. The van der Waals surface area contributed by atoms with Crippen LogP contribution in [0, 0.1) is 5.82 Å². The molecule has 2 aromatic rings. The Hall–Kier alpha value is -1.93. The first-order chi connectivity index (χ1) is 9.90. The fourth-order valence-corrected chi connectivity index (χ4v) is 2.68. The van der Waals surface area contributed by atoms with Crippen LogP contribution in [0.2, 0.25) is 5.02 Å². The number of sulfonamides is 1. The van der Waals surface area contributed by atoms with Gasteiger partial charge >= 0.3 is 0 Å². The van der Waals surface area contributed by atoms with E-state index >= 15 is 0 Å². The van der Waals surface area contributed by atoms with Crippen LogP contribution in [-0.4, -0.2) is 24.9 Å². The van der Waals surface area contributed by atoms with Crippen LogP contribution in [0.15, 0.2) is 35.5 Å². The predicted octanol–water partition coefficient (Wildman–Crippen LogP) is 2.50. The first kappa shape index (κ1) is 15.5. The Kier molecular flexibility index (Phi) is 4.59. The highest BCUT2D eigenvalue weighted by atomic mass is 35.5. The SMILES string of the molecule is CCNc1ncc(S(=O)(=O)Nc2cc(F)cc(Cl)c2)cn1. The van der Waals surface area contributed by atoms with Crippen molar-refractivity contribution in [1.82, 2.24) is 9.97 Å². The minimum Gasteiger partial charge on any atom is -0.355 e. The van der Waals surface area contributed by atoms with Crippen LogP contribution >= 0.6 is 11.6 Å². The number of hydrogen-bond acceptors (Lipinski definition) is 5. The lowest BCUT2D eigenvalue weighted by atomic mass is 10.3. The molecule has 0 radical (unpaired) electrons. The standard InChI is InChI=1S/C12H12ClFN4O2S/c1-2-15-12-16-6-11(7-17-12)21(19,20)18-10-4-8(13)3-9(14)5-10/h3-7,18H,2H2,1H3,(H,15,16,17). The maximum Gasteiger partial charge on any atom is 0.264 e. The predicted molar refractivity (Wildman–Crippen MR) is 78.4 cm³/mol. The highest BCUT2D eigenvalue weighted by molar-refractivity contribution is 7.92. The summed E-state index contributed by atoms with van der Waals surface area (Å²) < 4.78 is 39.6.